The Morgan fingerprint density at radius 3 is 2.25 bits per heavy atom. The maximum Gasteiger partial charge on any atom is 0.410 e. The second kappa shape index (κ2) is 14.3. The van der Waals surface area contributed by atoms with Crippen molar-refractivity contribution in [3.63, 3.8) is 0 Å². The fourth-order valence-corrected chi connectivity index (χ4v) is 8.31. The average molecular weight is 783 g/mol. The zero-order valence-corrected chi connectivity index (χ0v) is 30.4. The van der Waals surface area contributed by atoms with Gasteiger partial charge < -0.3 is 24.4 Å². The van der Waals surface area contributed by atoms with Crippen LogP contribution in [0.2, 0.25) is 0 Å². The van der Waals surface area contributed by atoms with Crippen LogP contribution in [0.25, 0.3) is 21.8 Å². The number of likely N-dealkylation sites (tertiary alicyclic amines) is 2. The number of piperazine rings is 1. The molecule has 0 saturated carbocycles. The Hall–Kier alpha value is -3.19. The van der Waals surface area contributed by atoms with E-state index in [0.29, 0.717) is 51.5 Å². The summed E-state index contributed by atoms with van der Waals surface area (Å²) in [7, 11) is 2.17. The molecule has 254 valence electrons. The molecule has 3 aliphatic rings. The number of likely N-dealkylation sites (N-methyl/N-ethyl adjacent to an activating group) is 1. The lowest BCUT2D eigenvalue weighted by molar-refractivity contribution is -0.142. The third kappa shape index (κ3) is 6.94. The average Bonchev–Trinajstić information content (AvgIpc) is 3.46. The van der Waals surface area contributed by atoms with Gasteiger partial charge in [0.25, 0.3) is 5.91 Å². The van der Waals surface area contributed by atoms with Crippen LogP contribution in [0, 0.1) is 0 Å². The number of carbonyl (C=O) groups excluding carboxylic acids is 2. The number of benzene rings is 3. The number of hydrogen-bond acceptors (Lipinski definition) is 6. The molecular formula is C36H42Br2N6O4. The van der Waals surface area contributed by atoms with Crippen molar-refractivity contribution in [2.24, 2.45) is 0 Å². The summed E-state index contributed by atoms with van der Waals surface area (Å²) in [5.74, 6) is -0.133. The van der Waals surface area contributed by atoms with E-state index in [1.165, 1.54) is 0 Å². The minimum atomic E-state index is -0.923. The number of piperidine rings is 2. The largest absolute Gasteiger partial charge is 0.436 e. The highest BCUT2D eigenvalue weighted by atomic mass is 79.9. The summed E-state index contributed by atoms with van der Waals surface area (Å²) in [4.78, 5) is 52.4. The highest BCUT2D eigenvalue weighted by molar-refractivity contribution is 9.13. The maximum absolute atomic E-state index is 14.0. The number of hydrogen-bond donors (Lipinski definition) is 1. The van der Waals surface area contributed by atoms with Crippen molar-refractivity contribution in [1.82, 2.24) is 29.2 Å². The van der Waals surface area contributed by atoms with Gasteiger partial charge in [0.1, 0.15) is 0 Å². The fourth-order valence-electron chi connectivity index (χ4n) is 7.64. The Balaban J connectivity index is 1.02. The first-order chi connectivity index (χ1) is 23.2. The van der Waals surface area contributed by atoms with E-state index in [1.807, 2.05) is 64.1 Å². The molecule has 4 heterocycles. The van der Waals surface area contributed by atoms with Gasteiger partial charge in [-0.15, -0.1) is 0 Å². The lowest BCUT2D eigenvalue weighted by Crippen LogP contribution is -2.54. The topological polar surface area (TPSA) is 94.1 Å². The first-order valence-electron chi connectivity index (χ1n) is 17.0. The summed E-state index contributed by atoms with van der Waals surface area (Å²) in [6.07, 6.45) is 1.98. The van der Waals surface area contributed by atoms with Gasteiger partial charge in [-0.3, -0.25) is 14.3 Å². The zero-order chi connectivity index (χ0) is 33.4. The van der Waals surface area contributed by atoms with Crippen LogP contribution >= 0.6 is 31.9 Å². The van der Waals surface area contributed by atoms with Gasteiger partial charge in [-0.25, -0.2) is 9.59 Å². The summed E-state index contributed by atoms with van der Waals surface area (Å²) in [5, 5.41) is 2.10. The molecule has 0 radical (unpaired) electrons. The molecule has 12 heteroatoms. The van der Waals surface area contributed by atoms with Gasteiger partial charge in [0, 0.05) is 85.2 Å². The number of aromatic amines is 1. The van der Waals surface area contributed by atoms with Gasteiger partial charge in [-0.05, 0) is 93.7 Å². The lowest BCUT2D eigenvalue weighted by atomic mass is 10.0. The normalized spacial score (nSPS) is 19.6. The van der Waals surface area contributed by atoms with Gasteiger partial charge in [0.05, 0.1) is 11.0 Å². The number of amides is 2. The number of nitrogens with zero attached hydrogens (tertiary/aromatic N) is 5. The van der Waals surface area contributed by atoms with Crippen LogP contribution in [0.4, 0.5) is 4.79 Å². The Bertz CT molecular complexity index is 1850. The van der Waals surface area contributed by atoms with Crippen LogP contribution in [-0.2, 0) is 16.0 Å². The number of imidazole rings is 1. The molecule has 0 aliphatic carbocycles. The van der Waals surface area contributed by atoms with E-state index in [-0.39, 0.29) is 17.6 Å². The number of halogens is 2. The number of rotatable bonds is 6. The van der Waals surface area contributed by atoms with Crippen molar-refractivity contribution >= 4 is 65.7 Å². The van der Waals surface area contributed by atoms with E-state index in [2.05, 4.69) is 53.7 Å². The molecule has 48 heavy (non-hydrogen) atoms. The Morgan fingerprint density at radius 2 is 1.52 bits per heavy atom. The van der Waals surface area contributed by atoms with Gasteiger partial charge in [0.15, 0.2) is 6.10 Å². The van der Waals surface area contributed by atoms with Crippen LogP contribution in [0.15, 0.2) is 68.3 Å². The van der Waals surface area contributed by atoms with Crippen molar-refractivity contribution in [1.29, 1.82) is 0 Å². The lowest BCUT2D eigenvalue weighted by Gasteiger charge is -2.42. The summed E-state index contributed by atoms with van der Waals surface area (Å²) < 4.78 is 9.72. The number of H-pyrrole nitrogens is 1. The van der Waals surface area contributed by atoms with Crippen LogP contribution < -0.4 is 5.69 Å². The first kappa shape index (κ1) is 33.3. The van der Waals surface area contributed by atoms with Gasteiger partial charge >= 0.3 is 11.8 Å². The number of fused-ring (bicyclic) bond motifs is 3. The predicted octanol–water partition coefficient (Wildman–Crippen LogP) is 5.63. The van der Waals surface area contributed by atoms with Crippen molar-refractivity contribution in [3.8, 4) is 0 Å². The van der Waals surface area contributed by atoms with E-state index in [1.54, 1.807) is 4.90 Å². The van der Waals surface area contributed by atoms with Gasteiger partial charge in [0.2, 0.25) is 0 Å². The molecule has 0 spiro atoms. The van der Waals surface area contributed by atoms with Crippen LogP contribution in [-0.4, -0.2) is 113 Å². The van der Waals surface area contributed by atoms with E-state index in [0.717, 1.165) is 75.3 Å². The molecule has 1 aromatic heterocycles. The maximum atomic E-state index is 14.0. The molecule has 0 bridgehead atoms. The SMILES string of the molecule is CN1CCN(C2CCN(C(=O)C(Cc3ccc(Br)c(Br)c3)OC(=O)N3CCC(n4c(=O)[nH]c5c6ccccc6ccc54)CC3)CC2)CC1. The van der Waals surface area contributed by atoms with Crippen molar-refractivity contribution < 1.29 is 14.3 Å². The molecular weight excluding hydrogens is 740 g/mol. The molecule has 3 saturated heterocycles. The molecule has 1 unspecified atom stereocenters. The van der Waals surface area contributed by atoms with Crippen LogP contribution in [0.5, 0.6) is 0 Å². The number of carbonyl (C=O) groups is 2. The highest BCUT2D eigenvalue weighted by Gasteiger charge is 2.35. The molecule has 3 aromatic carbocycles. The smallest absolute Gasteiger partial charge is 0.410 e. The Kier molecular flexibility index (Phi) is 9.96. The third-order valence-electron chi connectivity index (χ3n) is 10.5. The zero-order valence-electron chi connectivity index (χ0n) is 27.2. The van der Waals surface area contributed by atoms with E-state index in [9.17, 15) is 14.4 Å². The minimum absolute atomic E-state index is 0.0457. The van der Waals surface area contributed by atoms with E-state index < -0.39 is 12.2 Å². The summed E-state index contributed by atoms with van der Waals surface area (Å²) >= 11 is 7.10. The molecule has 4 aromatic rings. The minimum Gasteiger partial charge on any atom is -0.436 e. The second-order valence-corrected chi connectivity index (χ2v) is 15.1. The molecule has 1 N–H and O–H groups in total. The molecule has 10 nitrogen and oxygen atoms in total. The molecule has 3 fully saturated rings. The molecule has 7 rings (SSSR count). The van der Waals surface area contributed by atoms with E-state index >= 15 is 0 Å². The van der Waals surface area contributed by atoms with Gasteiger partial charge in [-0.2, -0.15) is 0 Å². The molecule has 1 atom stereocenters. The van der Waals surface area contributed by atoms with Crippen LogP contribution in [0.1, 0.15) is 37.3 Å². The van der Waals surface area contributed by atoms with Crippen molar-refractivity contribution in [2.75, 3.05) is 59.4 Å². The summed E-state index contributed by atoms with van der Waals surface area (Å²) in [6.45, 7) is 6.49. The van der Waals surface area contributed by atoms with E-state index in [4.69, 9.17) is 4.74 Å². The first-order valence-corrected chi connectivity index (χ1v) is 18.6. The summed E-state index contributed by atoms with van der Waals surface area (Å²) in [6, 6.07) is 18.4. The second-order valence-electron chi connectivity index (χ2n) is 13.4. The fraction of sp³-hybridized carbons (Fsp3) is 0.472. The third-order valence-corrected chi connectivity index (χ3v) is 12.3. The standard InChI is InChI=1S/C36H42Br2N6O4/c1-40-18-20-41(21-19-40)26-10-14-42(15-11-26)34(45)32(23-24-6-8-29(37)30(38)22-24)48-36(47)43-16-12-27(13-17-43)44-31-9-7-25-4-2-3-5-28(25)33(31)39-35(44)46/h2-9,22,26-27,32H,10-21,23H2,1H3,(H,39,46). The van der Waals surface area contributed by atoms with Gasteiger partial charge in [-0.1, -0.05) is 36.4 Å². The van der Waals surface area contributed by atoms with Crippen molar-refractivity contribution in [2.45, 2.75) is 50.3 Å². The monoisotopic (exact) mass is 780 g/mol. The number of ether oxygens (including phenoxy) is 1. The molecule has 2 amide bonds. The quantitative estimate of drug-likeness (QED) is 0.273. The highest BCUT2D eigenvalue weighted by Crippen LogP contribution is 2.30. The van der Waals surface area contributed by atoms with Crippen LogP contribution in [0.3, 0.4) is 0 Å². The summed E-state index contributed by atoms with van der Waals surface area (Å²) in [5.41, 5.74) is 2.49. The Labute approximate surface area is 297 Å². The van der Waals surface area contributed by atoms with Crippen molar-refractivity contribution in [3.05, 3.63) is 79.6 Å². The predicted molar refractivity (Wildman–Crippen MR) is 194 cm³/mol. The Morgan fingerprint density at radius 1 is 0.833 bits per heavy atom. The number of nitrogens with one attached hydrogen (secondary N) is 1. The number of aromatic nitrogens is 2. The molecule has 3 aliphatic heterocycles.